The lowest BCUT2D eigenvalue weighted by atomic mass is 10.1. The third-order valence-electron chi connectivity index (χ3n) is 4.57. The van der Waals surface area contributed by atoms with E-state index in [2.05, 4.69) is 22.1 Å². The average molecular weight is 451 g/mol. The monoisotopic (exact) mass is 450 g/mol. The molecule has 1 aromatic heterocycles. The minimum absolute atomic E-state index is 0.146. The molecule has 32 heavy (non-hydrogen) atoms. The Hall–Kier alpha value is -3.39. The van der Waals surface area contributed by atoms with Crippen LogP contribution < -0.4 is 5.32 Å². The molecule has 1 heterocycles. The molecule has 1 amide bonds. The summed E-state index contributed by atoms with van der Waals surface area (Å²) in [5, 5.41) is 12.1. The van der Waals surface area contributed by atoms with Gasteiger partial charge in [0, 0.05) is 17.8 Å². The van der Waals surface area contributed by atoms with Crippen molar-refractivity contribution in [1.29, 1.82) is 0 Å². The van der Waals surface area contributed by atoms with Crippen molar-refractivity contribution in [3.63, 3.8) is 0 Å². The van der Waals surface area contributed by atoms with Crippen LogP contribution in [-0.4, -0.2) is 39.0 Å². The number of benzene rings is 2. The first-order chi connectivity index (χ1) is 15.5. The Balaban J connectivity index is 1.67. The lowest BCUT2D eigenvalue weighted by Crippen LogP contribution is -2.15. The smallest absolute Gasteiger partial charge is 0.338 e. The first-order valence-electron chi connectivity index (χ1n) is 10.3. The van der Waals surface area contributed by atoms with Crippen LogP contribution >= 0.6 is 11.8 Å². The molecule has 0 aliphatic rings. The minimum Gasteiger partial charge on any atom is -0.462 e. The summed E-state index contributed by atoms with van der Waals surface area (Å²) in [4.78, 5) is 24.5. The van der Waals surface area contributed by atoms with Crippen LogP contribution in [0.1, 0.15) is 29.3 Å². The van der Waals surface area contributed by atoms with Gasteiger partial charge in [-0.1, -0.05) is 55.1 Å². The molecule has 3 aromatic rings. The largest absolute Gasteiger partial charge is 0.462 e. The normalized spacial score (nSPS) is 10.6. The standard InChI is InChI=1S/C24H26N4O3S/c1-4-13-28-22(20-12-7-6-9-17(20)3)26-27-24(28)32-16-21(29)25-19-11-8-10-18(15-19)23(30)31-14-5-2/h4,6-12,15H,1,5,13-14,16H2,2-3H3,(H,25,29). The number of anilines is 1. The fraction of sp³-hybridized carbons (Fsp3) is 0.250. The van der Waals surface area contributed by atoms with E-state index < -0.39 is 5.97 Å². The highest BCUT2D eigenvalue weighted by molar-refractivity contribution is 7.99. The van der Waals surface area contributed by atoms with Crippen molar-refractivity contribution < 1.29 is 14.3 Å². The number of allylic oxidation sites excluding steroid dienone is 1. The van der Waals surface area contributed by atoms with Crippen LogP contribution in [0.4, 0.5) is 5.69 Å². The zero-order valence-corrected chi connectivity index (χ0v) is 19.0. The van der Waals surface area contributed by atoms with Crippen LogP contribution in [0.5, 0.6) is 0 Å². The summed E-state index contributed by atoms with van der Waals surface area (Å²) >= 11 is 1.30. The van der Waals surface area contributed by atoms with Gasteiger partial charge in [-0.25, -0.2) is 4.79 Å². The second-order valence-electron chi connectivity index (χ2n) is 7.07. The molecular weight excluding hydrogens is 424 g/mol. The van der Waals surface area contributed by atoms with Crippen molar-refractivity contribution >= 4 is 29.3 Å². The summed E-state index contributed by atoms with van der Waals surface area (Å²) < 4.78 is 7.09. The Morgan fingerprint density at radius 1 is 1.19 bits per heavy atom. The lowest BCUT2D eigenvalue weighted by Gasteiger charge is -2.10. The number of hydrogen-bond acceptors (Lipinski definition) is 6. The summed E-state index contributed by atoms with van der Waals surface area (Å²) in [6.07, 6.45) is 2.53. The van der Waals surface area contributed by atoms with Crippen molar-refractivity contribution in [1.82, 2.24) is 14.8 Å². The van der Waals surface area contributed by atoms with Crippen LogP contribution in [0.2, 0.25) is 0 Å². The van der Waals surface area contributed by atoms with Gasteiger partial charge in [-0.05, 0) is 37.1 Å². The molecule has 2 aromatic carbocycles. The topological polar surface area (TPSA) is 86.1 Å². The first kappa shape index (κ1) is 23.3. The maximum absolute atomic E-state index is 12.5. The zero-order valence-electron chi connectivity index (χ0n) is 18.2. The molecule has 0 atom stereocenters. The molecule has 0 radical (unpaired) electrons. The fourth-order valence-corrected chi connectivity index (χ4v) is 3.79. The summed E-state index contributed by atoms with van der Waals surface area (Å²) in [6.45, 7) is 8.67. The first-order valence-corrected chi connectivity index (χ1v) is 11.3. The zero-order chi connectivity index (χ0) is 22.9. The van der Waals surface area contributed by atoms with Gasteiger partial charge in [-0.2, -0.15) is 0 Å². The van der Waals surface area contributed by atoms with Crippen LogP contribution in [0, 0.1) is 6.92 Å². The third-order valence-corrected chi connectivity index (χ3v) is 5.53. The van der Waals surface area contributed by atoms with Crippen LogP contribution in [0.3, 0.4) is 0 Å². The number of aryl methyl sites for hydroxylation is 1. The van der Waals surface area contributed by atoms with Gasteiger partial charge in [0.05, 0.1) is 17.9 Å². The highest BCUT2D eigenvalue weighted by atomic mass is 32.2. The van der Waals surface area contributed by atoms with Gasteiger partial charge in [0.2, 0.25) is 5.91 Å². The summed E-state index contributed by atoms with van der Waals surface area (Å²) in [5.41, 5.74) is 3.02. The summed E-state index contributed by atoms with van der Waals surface area (Å²) in [7, 11) is 0. The molecule has 1 N–H and O–H groups in total. The Bertz CT molecular complexity index is 1110. The van der Waals surface area contributed by atoms with E-state index in [1.54, 1.807) is 30.3 Å². The molecule has 0 aliphatic heterocycles. The Kier molecular flexibility index (Phi) is 8.21. The minimum atomic E-state index is -0.404. The Morgan fingerprint density at radius 3 is 2.75 bits per heavy atom. The summed E-state index contributed by atoms with van der Waals surface area (Å²) in [5.74, 6) is 0.274. The van der Waals surface area contributed by atoms with Gasteiger partial charge < -0.3 is 10.1 Å². The van der Waals surface area contributed by atoms with Crippen molar-refractivity contribution in [3.8, 4) is 11.4 Å². The molecule has 0 aliphatic carbocycles. The van der Waals surface area contributed by atoms with Crippen molar-refractivity contribution in [2.24, 2.45) is 0 Å². The van der Waals surface area contributed by atoms with E-state index >= 15 is 0 Å². The van der Waals surface area contributed by atoms with E-state index in [0.29, 0.717) is 29.6 Å². The highest BCUT2D eigenvalue weighted by Crippen LogP contribution is 2.26. The average Bonchev–Trinajstić information content (AvgIpc) is 3.19. The number of carbonyl (C=O) groups excluding carboxylic acids is 2. The predicted molar refractivity (Wildman–Crippen MR) is 127 cm³/mol. The van der Waals surface area contributed by atoms with E-state index in [0.717, 1.165) is 23.4 Å². The number of ether oxygens (including phenoxy) is 1. The van der Waals surface area contributed by atoms with Gasteiger partial charge in [-0.15, -0.1) is 16.8 Å². The molecule has 8 heteroatoms. The van der Waals surface area contributed by atoms with E-state index in [1.165, 1.54) is 11.8 Å². The lowest BCUT2D eigenvalue weighted by molar-refractivity contribution is -0.113. The van der Waals surface area contributed by atoms with Gasteiger partial charge in [-0.3, -0.25) is 9.36 Å². The molecule has 166 valence electrons. The number of amides is 1. The third kappa shape index (κ3) is 5.85. The molecular formula is C24H26N4O3S. The number of nitrogens with one attached hydrogen (secondary N) is 1. The van der Waals surface area contributed by atoms with Gasteiger partial charge >= 0.3 is 5.97 Å². The summed E-state index contributed by atoms with van der Waals surface area (Å²) in [6, 6.07) is 14.7. The van der Waals surface area contributed by atoms with E-state index in [1.807, 2.05) is 42.7 Å². The van der Waals surface area contributed by atoms with Crippen molar-refractivity contribution in [2.45, 2.75) is 32.0 Å². The van der Waals surface area contributed by atoms with Crippen molar-refractivity contribution in [2.75, 3.05) is 17.7 Å². The predicted octanol–water partition coefficient (Wildman–Crippen LogP) is 4.74. The highest BCUT2D eigenvalue weighted by Gasteiger charge is 2.16. The second kappa shape index (κ2) is 11.3. The van der Waals surface area contributed by atoms with Crippen molar-refractivity contribution in [3.05, 3.63) is 72.3 Å². The number of hydrogen-bond donors (Lipinski definition) is 1. The number of thioether (sulfide) groups is 1. The number of carbonyl (C=O) groups is 2. The number of esters is 1. The fourth-order valence-electron chi connectivity index (χ4n) is 3.04. The SMILES string of the molecule is C=CCn1c(SCC(=O)Nc2cccc(C(=O)OCCC)c2)nnc1-c1ccccc1C. The van der Waals surface area contributed by atoms with E-state index in [9.17, 15) is 9.59 Å². The van der Waals surface area contributed by atoms with Gasteiger partial charge in [0.25, 0.3) is 0 Å². The number of aromatic nitrogens is 3. The molecule has 0 bridgehead atoms. The molecule has 0 saturated heterocycles. The molecule has 0 fully saturated rings. The van der Waals surface area contributed by atoms with E-state index in [-0.39, 0.29) is 11.7 Å². The van der Waals surface area contributed by atoms with Gasteiger partial charge in [0.1, 0.15) is 0 Å². The van der Waals surface area contributed by atoms with Crippen LogP contribution in [0.25, 0.3) is 11.4 Å². The maximum Gasteiger partial charge on any atom is 0.338 e. The molecule has 0 saturated carbocycles. The van der Waals surface area contributed by atoms with Crippen LogP contribution in [-0.2, 0) is 16.1 Å². The van der Waals surface area contributed by atoms with Crippen LogP contribution in [0.15, 0.2) is 66.3 Å². The molecule has 0 spiro atoms. The van der Waals surface area contributed by atoms with E-state index in [4.69, 9.17) is 4.74 Å². The number of rotatable bonds is 10. The number of nitrogens with zero attached hydrogens (tertiary/aromatic N) is 3. The molecule has 7 nitrogen and oxygen atoms in total. The molecule has 3 rings (SSSR count). The molecule has 0 unspecified atom stereocenters. The van der Waals surface area contributed by atoms with Gasteiger partial charge in [0.15, 0.2) is 11.0 Å². The second-order valence-corrected chi connectivity index (χ2v) is 8.02. The Labute approximate surface area is 191 Å². The quantitative estimate of drug-likeness (QED) is 0.273. The maximum atomic E-state index is 12.5. The Morgan fingerprint density at radius 2 is 2.00 bits per heavy atom.